The lowest BCUT2D eigenvalue weighted by Crippen LogP contribution is -2.52. The van der Waals surface area contributed by atoms with Crippen LogP contribution in [0.2, 0.25) is 0 Å². The number of benzene rings is 2. The molecule has 4 aromatic rings. The average molecular weight is 518 g/mol. The van der Waals surface area contributed by atoms with Gasteiger partial charge in [-0.25, -0.2) is 9.37 Å². The fourth-order valence-corrected chi connectivity index (χ4v) is 5.20. The zero-order chi connectivity index (χ0) is 27.7. The molecule has 0 N–H and O–H groups in total. The second-order valence-corrected chi connectivity index (χ2v) is 9.63. The van der Waals surface area contributed by atoms with E-state index >= 15 is 0 Å². The number of fused-ring (bicyclic) bond motifs is 1. The molecule has 3 heterocycles. The molecule has 0 bridgehead atoms. The zero-order valence-corrected chi connectivity index (χ0v) is 21.5. The van der Waals surface area contributed by atoms with Gasteiger partial charge >= 0.3 is 0 Å². The van der Waals surface area contributed by atoms with E-state index < -0.39 is 5.56 Å². The number of nitrogens with zero attached hydrogens (tertiary/aromatic N) is 7. The van der Waals surface area contributed by atoms with Gasteiger partial charge in [-0.15, -0.1) is 0 Å². The van der Waals surface area contributed by atoms with Gasteiger partial charge in [-0.1, -0.05) is 18.2 Å². The molecular formula is C30H24FN7O. The third-order valence-electron chi connectivity index (χ3n) is 7.29. The molecule has 2 aromatic heterocycles. The molecule has 0 saturated carbocycles. The van der Waals surface area contributed by atoms with Crippen molar-refractivity contribution in [1.82, 2.24) is 14.5 Å². The minimum absolute atomic E-state index is 0.00914. The molecule has 0 aliphatic carbocycles. The van der Waals surface area contributed by atoms with Crippen LogP contribution in [0, 0.1) is 39.8 Å². The molecular weight excluding hydrogens is 493 g/mol. The molecule has 5 rings (SSSR count). The largest absolute Gasteiger partial charge is 0.366 e. The number of piperazine rings is 1. The quantitative estimate of drug-likeness (QED) is 0.401. The van der Waals surface area contributed by atoms with E-state index in [-0.39, 0.29) is 23.1 Å². The highest BCUT2D eigenvalue weighted by Crippen LogP contribution is 2.31. The summed E-state index contributed by atoms with van der Waals surface area (Å²) in [5.41, 5.74) is 4.39. The second kappa shape index (κ2) is 10.4. The lowest BCUT2D eigenvalue weighted by molar-refractivity contribution is 0.181. The smallest absolute Gasteiger partial charge is 0.270 e. The van der Waals surface area contributed by atoms with E-state index in [1.807, 2.05) is 23.1 Å². The maximum Gasteiger partial charge on any atom is 0.270 e. The van der Waals surface area contributed by atoms with Gasteiger partial charge in [-0.2, -0.15) is 15.8 Å². The number of hydrogen-bond acceptors (Lipinski definition) is 7. The minimum Gasteiger partial charge on any atom is -0.366 e. The minimum atomic E-state index is -0.403. The van der Waals surface area contributed by atoms with Gasteiger partial charge in [0.05, 0.1) is 22.8 Å². The first-order valence-corrected chi connectivity index (χ1v) is 12.5. The Kier molecular flexibility index (Phi) is 6.81. The summed E-state index contributed by atoms with van der Waals surface area (Å²) >= 11 is 0. The maximum absolute atomic E-state index is 14.2. The van der Waals surface area contributed by atoms with Crippen LogP contribution in [0.1, 0.15) is 29.3 Å². The Balaban J connectivity index is 1.46. The first-order chi connectivity index (χ1) is 18.8. The molecule has 8 nitrogen and oxygen atoms in total. The van der Waals surface area contributed by atoms with Crippen molar-refractivity contribution in [2.24, 2.45) is 7.05 Å². The Morgan fingerprint density at radius 3 is 2.44 bits per heavy atom. The first kappa shape index (κ1) is 25.6. The van der Waals surface area contributed by atoms with E-state index in [0.29, 0.717) is 48.5 Å². The first-order valence-electron chi connectivity index (χ1n) is 12.5. The number of rotatable bonds is 4. The molecule has 1 saturated heterocycles. The highest BCUT2D eigenvalue weighted by Gasteiger charge is 2.29. The van der Waals surface area contributed by atoms with Crippen molar-refractivity contribution in [3.05, 3.63) is 93.2 Å². The lowest BCUT2D eigenvalue weighted by Gasteiger charge is -2.41. The highest BCUT2D eigenvalue weighted by atomic mass is 19.1. The van der Waals surface area contributed by atoms with Crippen molar-refractivity contribution < 1.29 is 4.39 Å². The summed E-state index contributed by atoms with van der Waals surface area (Å²) in [5.74, 6) is -0.332. The molecule has 0 spiro atoms. The zero-order valence-electron chi connectivity index (χ0n) is 21.5. The second-order valence-electron chi connectivity index (χ2n) is 9.63. The van der Waals surface area contributed by atoms with Crippen molar-refractivity contribution in [2.75, 3.05) is 24.5 Å². The third kappa shape index (κ3) is 4.70. The van der Waals surface area contributed by atoms with Crippen molar-refractivity contribution in [2.45, 2.75) is 19.5 Å². The van der Waals surface area contributed by atoms with Crippen LogP contribution in [-0.2, 0) is 13.6 Å². The topological polar surface area (TPSA) is 113 Å². The summed E-state index contributed by atoms with van der Waals surface area (Å²) in [6.07, 6.45) is 0. The van der Waals surface area contributed by atoms with Gasteiger partial charge in [0.25, 0.3) is 5.56 Å². The summed E-state index contributed by atoms with van der Waals surface area (Å²) in [4.78, 5) is 21.8. The van der Waals surface area contributed by atoms with E-state index in [1.165, 1.54) is 16.7 Å². The number of pyridine rings is 2. The lowest BCUT2D eigenvalue weighted by atomic mass is 9.97. The average Bonchev–Trinajstić information content (AvgIpc) is 2.96. The van der Waals surface area contributed by atoms with E-state index in [0.717, 1.165) is 16.7 Å². The number of aryl methyl sites for hydroxylation is 1. The van der Waals surface area contributed by atoms with Crippen molar-refractivity contribution in [3.63, 3.8) is 0 Å². The predicted molar refractivity (Wildman–Crippen MR) is 145 cm³/mol. The van der Waals surface area contributed by atoms with Gasteiger partial charge < -0.3 is 9.47 Å². The number of hydrogen-bond donors (Lipinski definition) is 0. The Bertz CT molecular complexity index is 1770. The number of nitriles is 3. The molecule has 0 unspecified atom stereocenters. The molecule has 1 atom stereocenters. The summed E-state index contributed by atoms with van der Waals surface area (Å²) in [5, 5.41) is 28.4. The third-order valence-corrected chi connectivity index (χ3v) is 7.29. The van der Waals surface area contributed by atoms with E-state index in [2.05, 4.69) is 28.9 Å². The molecule has 1 fully saturated rings. The summed E-state index contributed by atoms with van der Waals surface area (Å²) in [6, 6.07) is 21.3. The molecule has 1 aliphatic heterocycles. The van der Waals surface area contributed by atoms with E-state index in [9.17, 15) is 19.7 Å². The molecule has 192 valence electrons. The summed E-state index contributed by atoms with van der Waals surface area (Å²) in [7, 11) is 1.59. The Morgan fingerprint density at radius 2 is 1.77 bits per heavy atom. The van der Waals surface area contributed by atoms with Crippen LogP contribution < -0.4 is 10.5 Å². The maximum atomic E-state index is 14.2. The molecule has 39 heavy (non-hydrogen) atoms. The molecule has 0 radical (unpaired) electrons. The van der Waals surface area contributed by atoms with Crippen LogP contribution in [-0.4, -0.2) is 40.1 Å². The molecule has 2 aromatic carbocycles. The fourth-order valence-electron chi connectivity index (χ4n) is 5.20. The predicted octanol–water partition coefficient (Wildman–Crippen LogP) is 4.07. The van der Waals surface area contributed by atoms with Gasteiger partial charge in [0.2, 0.25) is 0 Å². The molecule has 9 heteroatoms. The van der Waals surface area contributed by atoms with Crippen molar-refractivity contribution in [1.29, 1.82) is 15.8 Å². The van der Waals surface area contributed by atoms with Gasteiger partial charge in [-0.3, -0.25) is 9.69 Å². The van der Waals surface area contributed by atoms with Crippen LogP contribution in [0.25, 0.3) is 22.2 Å². The molecule has 1 aliphatic rings. The summed E-state index contributed by atoms with van der Waals surface area (Å²) < 4.78 is 15.6. The summed E-state index contributed by atoms with van der Waals surface area (Å²) in [6.45, 7) is 4.34. The van der Waals surface area contributed by atoms with Crippen LogP contribution in [0.3, 0.4) is 0 Å². The van der Waals surface area contributed by atoms with Crippen LogP contribution in [0.4, 0.5) is 10.1 Å². The van der Waals surface area contributed by atoms with Crippen molar-refractivity contribution >= 4 is 16.7 Å². The number of anilines is 1. The van der Waals surface area contributed by atoms with E-state index in [1.54, 1.807) is 37.4 Å². The van der Waals surface area contributed by atoms with Gasteiger partial charge in [0.15, 0.2) is 0 Å². The highest BCUT2D eigenvalue weighted by molar-refractivity contribution is 5.92. The number of halogens is 1. The van der Waals surface area contributed by atoms with Crippen molar-refractivity contribution in [3.8, 4) is 29.3 Å². The fraction of sp³-hybridized carbons (Fsp3) is 0.233. The standard InChI is InChI=1S/C30H24FN7O/c1-19-17-38(29-26(16-34)30(39)36(2)27-10-9-24(15-33)35-28(27)29)12-11-37(19)18-22-7-8-23(31)13-25(22)21-5-3-20(14-32)4-6-21/h3-10,13,19H,11-12,17-18H2,1-2H3/t19-/m1/s1. The number of aromatic nitrogens is 2. The Morgan fingerprint density at radius 1 is 1.00 bits per heavy atom. The van der Waals surface area contributed by atoms with Gasteiger partial charge in [0, 0.05) is 39.3 Å². The van der Waals surface area contributed by atoms with Gasteiger partial charge in [0.1, 0.15) is 34.7 Å². The van der Waals surface area contributed by atoms with Crippen LogP contribution >= 0.6 is 0 Å². The normalized spacial score (nSPS) is 15.5. The Labute approximate surface area is 225 Å². The molecule has 0 amide bonds. The van der Waals surface area contributed by atoms with Crippen LogP contribution in [0.5, 0.6) is 0 Å². The van der Waals surface area contributed by atoms with Gasteiger partial charge in [-0.05, 0) is 60.0 Å². The Hall–Kier alpha value is -5.04. The monoisotopic (exact) mass is 517 g/mol. The van der Waals surface area contributed by atoms with E-state index in [4.69, 9.17) is 5.26 Å². The SMILES string of the molecule is C[C@@H]1CN(c2c(C#N)c(=O)n(C)c3ccc(C#N)nc23)CCN1Cc1ccc(F)cc1-c1ccc(C#N)cc1. The van der Waals surface area contributed by atoms with Crippen LogP contribution in [0.15, 0.2) is 59.4 Å².